The number of carbonyl (C=O) groups is 2. The predicted molar refractivity (Wildman–Crippen MR) is 131 cm³/mol. The maximum Gasteiger partial charge on any atom is 0.310 e. The molecule has 1 aliphatic heterocycles. The Morgan fingerprint density at radius 3 is 2.51 bits per heavy atom. The van der Waals surface area contributed by atoms with Crippen LogP contribution < -0.4 is 9.04 Å². The summed E-state index contributed by atoms with van der Waals surface area (Å²) in [5, 5.41) is -0.320. The molecule has 0 bridgehead atoms. The molecule has 1 unspecified atom stereocenters. The summed E-state index contributed by atoms with van der Waals surface area (Å²) in [7, 11) is -4.18. The predicted octanol–water partition coefficient (Wildman–Crippen LogP) is 4.93. The minimum atomic E-state index is -4.18. The Morgan fingerprint density at radius 2 is 1.91 bits per heavy atom. The molecule has 0 amide bonds. The van der Waals surface area contributed by atoms with Gasteiger partial charge < -0.3 is 14.3 Å². The van der Waals surface area contributed by atoms with E-state index in [1.54, 1.807) is 39.0 Å². The van der Waals surface area contributed by atoms with Gasteiger partial charge in [0.2, 0.25) is 0 Å². The number of rotatable bonds is 7. The maximum absolute atomic E-state index is 13.7. The maximum atomic E-state index is 13.7. The number of hydrogen-bond donors (Lipinski definition) is 0. The van der Waals surface area contributed by atoms with Crippen molar-refractivity contribution in [3.63, 3.8) is 0 Å². The molecule has 0 radical (unpaired) electrons. The zero-order valence-corrected chi connectivity index (χ0v) is 21.9. The van der Waals surface area contributed by atoms with Gasteiger partial charge in [-0.15, -0.1) is 0 Å². The Labute approximate surface area is 210 Å². The molecule has 7 nitrogen and oxygen atoms in total. The van der Waals surface area contributed by atoms with Crippen LogP contribution in [0.25, 0.3) is 0 Å². The first-order valence-electron chi connectivity index (χ1n) is 11.2. The number of carbonyl (C=O) groups excluding carboxylic acids is 2. The van der Waals surface area contributed by atoms with Crippen LogP contribution in [-0.2, 0) is 30.8 Å². The fourth-order valence-corrected chi connectivity index (χ4v) is 5.60. The van der Waals surface area contributed by atoms with E-state index in [2.05, 4.69) is 0 Å². The molecule has 0 N–H and O–H groups in total. The smallest absolute Gasteiger partial charge is 0.310 e. The van der Waals surface area contributed by atoms with Gasteiger partial charge in [-0.1, -0.05) is 24.6 Å². The molecule has 35 heavy (non-hydrogen) atoms. The molecule has 0 aromatic heterocycles. The minimum absolute atomic E-state index is 0.0423. The highest BCUT2D eigenvalue weighted by Gasteiger charge is 2.37. The summed E-state index contributed by atoms with van der Waals surface area (Å²) < 4.78 is 53.6. The lowest BCUT2D eigenvalue weighted by molar-refractivity contribution is -0.153. The molecule has 0 spiro atoms. The number of benzene rings is 2. The molecule has 10 heteroatoms. The number of sulfonamides is 1. The molecule has 2 aromatic rings. The summed E-state index contributed by atoms with van der Waals surface area (Å²) in [4.78, 5) is 23.8. The van der Waals surface area contributed by atoms with Gasteiger partial charge in [-0.25, -0.2) is 12.8 Å². The first-order chi connectivity index (χ1) is 16.2. The van der Waals surface area contributed by atoms with Crippen LogP contribution in [0.5, 0.6) is 5.75 Å². The lowest BCUT2D eigenvalue weighted by Crippen LogP contribution is -2.46. The SMILES string of the molecule is CC(=O)C[C@H](C)C1CN(S(=O)(=O)c2ccc(F)c(Cl)c2)c2cc(CC(=O)OC(C)(C)C)ccc2O1. The molecular formula is C25H29ClFNO6S. The van der Waals surface area contributed by atoms with E-state index in [1.807, 2.05) is 6.92 Å². The minimum Gasteiger partial charge on any atom is -0.486 e. The number of fused-ring (bicyclic) bond motifs is 1. The van der Waals surface area contributed by atoms with Crippen LogP contribution in [0.2, 0.25) is 5.02 Å². The van der Waals surface area contributed by atoms with Crippen LogP contribution in [0.1, 0.15) is 46.6 Å². The van der Waals surface area contributed by atoms with Crippen molar-refractivity contribution in [1.82, 2.24) is 0 Å². The largest absolute Gasteiger partial charge is 0.486 e. The Morgan fingerprint density at radius 1 is 1.23 bits per heavy atom. The van der Waals surface area contributed by atoms with E-state index < -0.39 is 33.5 Å². The number of hydrogen-bond acceptors (Lipinski definition) is 6. The summed E-state index contributed by atoms with van der Waals surface area (Å²) in [6.45, 7) is 8.48. The molecule has 0 saturated carbocycles. The first-order valence-corrected chi connectivity index (χ1v) is 13.0. The van der Waals surface area contributed by atoms with E-state index in [0.717, 1.165) is 22.5 Å². The van der Waals surface area contributed by atoms with E-state index in [1.165, 1.54) is 6.92 Å². The van der Waals surface area contributed by atoms with Gasteiger partial charge >= 0.3 is 5.97 Å². The number of Topliss-reactive ketones (excluding diaryl/α,β-unsaturated/α-hetero) is 1. The van der Waals surface area contributed by atoms with Gasteiger partial charge in [0.15, 0.2) is 0 Å². The molecular weight excluding hydrogens is 497 g/mol. The molecule has 3 rings (SSSR count). The second-order valence-corrected chi connectivity index (χ2v) is 12.0. The van der Waals surface area contributed by atoms with Gasteiger partial charge in [-0.05, 0) is 63.6 Å². The van der Waals surface area contributed by atoms with Crippen molar-refractivity contribution in [2.75, 3.05) is 10.8 Å². The van der Waals surface area contributed by atoms with E-state index in [-0.39, 0.29) is 46.7 Å². The Balaban J connectivity index is 2.04. The summed E-state index contributed by atoms with van der Waals surface area (Å²) in [6, 6.07) is 8.02. The van der Waals surface area contributed by atoms with E-state index >= 15 is 0 Å². The Bertz CT molecular complexity index is 1240. The van der Waals surface area contributed by atoms with Crippen molar-refractivity contribution in [1.29, 1.82) is 0 Å². The van der Waals surface area contributed by atoms with Gasteiger partial charge in [0.25, 0.3) is 10.0 Å². The standard InChI is InChI=1S/C25H29ClFNO6S/c1-15(10-16(2)29)23-14-28(35(31,32)18-7-8-20(27)19(26)13-18)21-11-17(6-9-22(21)33-23)12-24(30)34-25(3,4)5/h6-9,11,13,15,23H,10,12,14H2,1-5H3/t15-,23?/m0/s1. The van der Waals surface area contributed by atoms with E-state index in [9.17, 15) is 22.4 Å². The van der Waals surface area contributed by atoms with Gasteiger partial charge in [-0.3, -0.25) is 9.10 Å². The van der Waals surface area contributed by atoms with Crippen molar-refractivity contribution < 1.29 is 31.9 Å². The van der Waals surface area contributed by atoms with Crippen molar-refractivity contribution in [2.24, 2.45) is 5.92 Å². The highest BCUT2D eigenvalue weighted by molar-refractivity contribution is 7.92. The molecule has 2 atom stereocenters. The monoisotopic (exact) mass is 525 g/mol. The lowest BCUT2D eigenvalue weighted by atomic mass is 9.97. The number of ketones is 1. The van der Waals surface area contributed by atoms with Crippen molar-refractivity contribution in [3.05, 3.63) is 52.8 Å². The molecule has 2 aromatic carbocycles. The van der Waals surface area contributed by atoms with Crippen molar-refractivity contribution in [2.45, 2.75) is 64.1 Å². The molecule has 1 heterocycles. The molecule has 190 valence electrons. The zero-order chi connectivity index (χ0) is 26.1. The summed E-state index contributed by atoms with van der Waals surface area (Å²) in [5.41, 5.74) is 0.109. The van der Waals surface area contributed by atoms with Crippen molar-refractivity contribution >= 4 is 39.1 Å². The third-order valence-corrected chi connectivity index (χ3v) is 7.47. The second-order valence-electron chi connectivity index (χ2n) is 9.72. The number of halogens is 2. The van der Waals surface area contributed by atoms with Gasteiger partial charge in [0, 0.05) is 12.3 Å². The van der Waals surface area contributed by atoms with Crippen LogP contribution in [0.3, 0.4) is 0 Å². The fraction of sp³-hybridized carbons (Fsp3) is 0.440. The lowest BCUT2D eigenvalue weighted by Gasteiger charge is -2.38. The normalized spacial score (nSPS) is 16.8. The highest BCUT2D eigenvalue weighted by atomic mass is 35.5. The van der Waals surface area contributed by atoms with Crippen LogP contribution in [0, 0.1) is 11.7 Å². The zero-order valence-electron chi connectivity index (χ0n) is 20.3. The number of nitrogens with zero attached hydrogens (tertiary/aromatic N) is 1. The summed E-state index contributed by atoms with van der Waals surface area (Å²) >= 11 is 5.86. The van der Waals surface area contributed by atoms with Crippen molar-refractivity contribution in [3.8, 4) is 5.75 Å². The van der Waals surface area contributed by atoms with Gasteiger partial charge in [-0.2, -0.15) is 0 Å². The van der Waals surface area contributed by atoms with Gasteiger partial charge in [0.1, 0.15) is 29.1 Å². The summed E-state index contributed by atoms with van der Waals surface area (Å²) in [6.07, 6.45) is -0.452. The van der Waals surface area contributed by atoms with Crippen LogP contribution in [0.15, 0.2) is 41.3 Å². The fourth-order valence-electron chi connectivity index (χ4n) is 3.85. The molecule has 0 aliphatic carbocycles. The van der Waals surface area contributed by atoms with Crippen LogP contribution in [-0.4, -0.2) is 38.4 Å². The van der Waals surface area contributed by atoms with E-state index in [4.69, 9.17) is 21.1 Å². The number of ether oxygens (including phenoxy) is 2. The molecule has 1 aliphatic rings. The van der Waals surface area contributed by atoms with Crippen LogP contribution >= 0.6 is 11.6 Å². The summed E-state index contributed by atoms with van der Waals surface area (Å²) in [5.74, 6) is -1.21. The molecule has 0 saturated heterocycles. The van der Waals surface area contributed by atoms with E-state index in [0.29, 0.717) is 11.3 Å². The average Bonchev–Trinajstić information content (AvgIpc) is 2.72. The Hall–Kier alpha value is -2.65. The van der Waals surface area contributed by atoms with Crippen LogP contribution in [0.4, 0.5) is 10.1 Å². The number of anilines is 1. The Kier molecular flexibility index (Phi) is 7.81. The quantitative estimate of drug-likeness (QED) is 0.476. The first kappa shape index (κ1) is 26.9. The third-order valence-electron chi connectivity index (χ3n) is 5.41. The third kappa shape index (κ3) is 6.52. The number of esters is 1. The highest BCUT2D eigenvalue weighted by Crippen LogP contribution is 2.40. The molecule has 0 fully saturated rings. The topological polar surface area (TPSA) is 90.0 Å². The average molecular weight is 526 g/mol. The second kappa shape index (κ2) is 10.1. The van der Waals surface area contributed by atoms with Gasteiger partial charge in [0.05, 0.1) is 28.6 Å².